The van der Waals surface area contributed by atoms with Crippen LogP contribution in [0.2, 0.25) is 0 Å². The second-order valence-corrected chi connectivity index (χ2v) is 6.22. The minimum atomic E-state index is -0.855. The predicted molar refractivity (Wildman–Crippen MR) is 90.8 cm³/mol. The maximum absolute atomic E-state index is 12.7. The van der Waals surface area contributed by atoms with Crippen molar-refractivity contribution >= 4 is 5.78 Å². The Hall–Kier alpha value is -1.97. The van der Waals surface area contributed by atoms with Gasteiger partial charge in [0, 0.05) is 6.42 Å². The molecule has 3 heteroatoms. The van der Waals surface area contributed by atoms with E-state index in [2.05, 4.69) is 0 Å². The Balaban J connectivity index is 2.13. The number of Topliss-reactive ketones (excluding diaryl/α,β-unsaturated/α-hetero) is 1. The van der Waals surface area contributed by atoms with Crippen LogP contribution in [0.25, 0.3) is 0 Å². The SMILES string of the molecule is CC(C)C(C(=O)CC(O)c1ccccc1)C(O)c1ccccc1. The molecule has 0 saturated carbocycles. The maximum atomic E-state index is 12.7. The molecule has 0 heterocycles. The van der Waals surface area contributed by atoms with Gasteiger partial charge in [-0.25, -0.2) is 0 Å². The molecule has 0 bridgehead atoms. The lowest BCUT2D eigenvalue weighted by Crippen LogP contribution is -2.28. The van der Waals surface area contributed by atoms with E-state index in [-0.39, 0.29) is 18.1 Å². The first-order valence-corrected chi connectivity index (χ1v) is 7.99. The predicted octanol–water partition coefficient (Wildman–Crippen LogP) is 3.69. The number of aliphatic hydroxyl groups is 2. The normalized spacial score (nSPS) is 15.2. The molecule has 2 aromatic carbocycles. The number of hydrogen-bond donors (Lipinski definition) is 2. The number of carbonyl (C=O) groups is 1. The second-order valence-electron chi connectivity index (χ2n) is 6.22. The fourth-order valence-electron chi connectivity index (χ4n) is 2.89. The first kappa shape index (κ1) is 17.4. The van der Waals surface area contributed by atoms with E-state index in [1.807, 2.05) is 62.4 Å². The van der Waals surface area contributed by atoms with Gasteiger partial charge in [0.1, 0.15) is 5.78 Å². The molecule has 122 valence electrons. The Morgan fingerprint density at radius 3 is 1.83 bits per heavy atom. The molecule has 0 aliphatic rings. The zero-order valence-corrected chi connectivity index (χ0v) is 13.6. The third-order valence-corrected chi connectivity index (χ3v) is 4.15. The molecule has 0 saturated heterocycles. The summed E-state index contributed by atoms with van der Waals surface area (Å²) < 4.78 is 0. The third kappa shape index (κ3) is 4.50. The molecule has 0 aromatic heterocycles. The third-order valence-electron chi connectivity index (χ3n) is 4.15. The molecule has 0 amide bonds. The van der Waals surface area contributed by atoms with Gasteiger partial charge in [-0.2, -0.15) is 0 Å². The number of rotatable bonds is 7. The van der Waals surface area contributed by atoms with Crippen LogP contribution >= 0.6 is 0 Å². The van der Waals surface area contributed by atoms with Gasteiger partial charge in [0.15, 0.2) is 0 Å². The molecular weight excluding hydrogens is 288 g/mol. The molecule has 3 nitrogen and oxygen atoms in total. The van der Waals surface area contributed by atoms with Crippen molar-refractivity contribution in [3.05, 3.63) is 71.8 Å². The first-order chi connectivity index (χ1) is 11.0. The van der Waals surface area contributed by atoms with Crippen molar-refractivity contribution in [2.24, 2.45) is 11.8 Å². The molecule has 0 spiro atoms. The summed E-state index contributed by atoms with van der Waals surface area (Å²) in [7, 11) is 0. The van der Waals surface area contributed by atoms with Crippen LogP contribution in [0.15, 0.2) is 60.7 Å². The van der Waals surface area contributed by atoms with Gasteiger partial charge in [0.05, 0.1) is 18.1 Å². The van der Waals surface area contributed by atoms with Gasteiger partial charge in [-0.3, -0.25) is 4.79 Å². The van der Waals surface area contributed by atoms with Crippen LogP contribution in [-0.4, -0.2) is 16.0 Å². The fourth-order valence-corrected chi connectivity index (χ4v) is 2.89. The smallest absolute Gasteiger partial charge is 0.142 e. The molecule has 0 fully saturated rings. The van der Waals surface area contributed by atoms with Crippen LogP contribution in [0.5, 0.6) is 0 Å². The Bertz CT molecular complexity index is 607. The Morgan fingerprint density at radius 2 is 1.35 bits per heavy atom. The Labute approximate surface area is 137 Å². The first-order valence-electron chi connectivity index (χ1n) is 7.99. The number of benzene rings is 2. The number of ketones is 1. The number of carbonyl (C=O) groups excluding carboxylic acids is 1. The molecule has 3 unspecified atom stereocenters. The van der Waals surface area contributed by atoms with E-state index in [1.54, 1.807) is 12.1 Å². The summed E-state index contributed by atoms with van der Waals surface area (Å²) in [5.41, 5.74) is 1.45. The second kappa shape index (κ2) is 8.04. The summed E-state index contributed by atoms with van der Waals surface area (Å²) in [5.74, 6) is -0.663. The van der Waals surface area contributed by atoms with E-state index in [1.165, 1.54) is 0 Å². The molecule has 2 aromatic rings. The zero-order valence-electron chi connectivity index (χ0n) is 13.6. The van der Waals surface area contributed by atoms with Crippen LogP contribution in [-0.2, 0) is 4.79 Å². The van der Waals surface area contributed by atoms with Crippen molar-refractivity contribution in [1.82, 2.24) is 0 Å². The summed E-state index contributed by atoms with van der Waals surface area (Å²) in [6.45, 7) is 3.84. The van der Waals surface area contributed by atoms with Crippen LogP contribution < -0.4 is 0 Å². The largest absolute Gasteiger partial charge is 0.388 e. The van der Waals surface area contributed by atoms with E-state index in [0.29, 0.717) is 0 Å². The van der Waals surface area contributed by atoms with E-state index < -0.39 is 18.1 Å². The molecule has 2 rings (SSSR count). The van der Waals surface area contributed by atoms with Crippen LogP contribution in [0, 0.1) is 11.8 Å². The average Bonchev–Trinajstić information content (AvgIpc) is 2.56. The number of hydrogen-bond acceptors (Lipinski definition) is 3. The lowest BCUT2D eigenvalue weighted by Gasteiger charge is -2.26. The quantitative estimate of drug-likeness (QED) is 0.820. The van der Waals surface area contributed by atoms with Crippen molar-refractivity contribution in [2.75, 3.05) is 0 Å². The van der Waals surface area contributed by atoms with Gasteiger partial charge < -0.3 is 10.2 Å². The Kier molecular flexibility index (Phi) is 6.08. The van der Waals surface area contributed by atoms with E-state index in [9.17, 15) is 15.0 Å². The Morgan fingerprint density at radius 1 is 0.870 bits per heavy atom. The highest BCUT2D eigenvalue weighted by molar-refractivity contribution is 5.82. The average molecular weight is 312 g/mol. The highest BCUT2D eigenvalue weighted by Crippen LogP contribution is 2.31. The highest BCUT2D eigenvalue weighted by atomic mass is 16.3. The van der Waals surface area contributed by atoms with E-state index in [4.69, 9.17) is 0 Å². The summed E-state index contributed by atoms with van der Waals surface area (Å²) in [4.78, 5) is 12.7. The molecule has 23 heavy (non-hydrogen) atoms. The van der Waals surface area contributed by atoms with E-state index >= 15 is 0 Å². The van der Waals surface area contributed by atoms with Crippen LogP contribution in [0.3, 0.4) is 0 Å². The minimum absolute atomic E-state index is 0.0107. The van der Waals surface area contributed by atoms with Gasteiger partial charge >= 0.3 is 0 Å². The summed E-state index contributed by atoms with van der Waals surface area (Å²) in [6.07, 6.45) is -1.68. The van der Waals surface area contributed by atoms with Gasteiger partial charge in [0.25, 0.3) is 0 Å². The molecule has 3 atom stereocenters. The van der Waals surface area contributed by atoms with Gasteiger partial charge in [-0.05, 0) is 17.0 Å². The molecule has 0 aliphatic heterocycles. The van der Waals surface area contributed by atoms with Crippen molar-refractivity contribution in [3.8, 4) is 0 Å². The molecular formula is C20H24O3. The molecule has 0 aliphatic carbocycles. The molecule has 2 N–H and O–H groups in total. The molecule has 0 radical (unpaired) electrons. The standard InChI is InChI=1S/C20H24O3/c1-14(2)19(20(23)16-11-7-4-8-12-16)18(22)13-17(21)15-9-5-3-6-10-15/h3-12,14,17,19-21,23H,13H2,1-2H3. The van der Waals surface area contributed by atoms with Gasteiger partial charge in [-0.1, -0.05) is 74.5 Å². The summed E-state index contributed by atoms with van der Waals surface area (Å²) in [5, 5.41) is 20.9. The number of aliphatic hydroxyl groups excluding tert-OH is 2. The monoisotopic (exact) mass is 312 g/mol. The van der Waals surface area contributed by atoms with Gasteiger partial charge in [0.2, 0.25) is 0 Å². The summed E-state index contributed by atoms with van der Waals surface area (Å²) >= 11 is 0. The maximum Gasteiger partial charge on any atom is 0.142 e. The summed E-state index contributed by atoms with van der Waals surface area (Å²) in [6, 6.07) is 18.4. The van der Waals surface area contributed by atoms with Gasteiger partial charge in [-0.15, -0.1) is 0 Å². The zero-order chi connectivity index (χ0) is 16.8. The highest BCUT2D eigenvalue weighted by Gasteiger charge is 2.31. The van der Waals surface area contributed by atoms with Crippen molar-refractivity contribution < 1.29 is 15.0 Å². The minimum Gasteiger partial charge on any atom is -0.388 e. The van der Waals surface area contributed by atoms with E-state index in [0.717, 1.165) is 11.1 Å². The lowest BCUT2D eigenvalue weighted by molar-refractivity contribution is -0.130. The lowest BCUT2D eigenvalue weighted by atomic mass is 9.81. The van der Waals surface area contributed by atoms with Crippen molar-refractivity contribution in [2.45, 2.75) is 32.5 Å². The van der Waals surface area contributed by atoms with Crippen LogP contribution in [0.1, 0.15) is 43.6 Å². The van der Waals surface area contributed by atoms with Crippen molar-refractivity contribution in [3.63, 3.8) is 0 Å². The van der Waals surface area contributed by atoms with Crippen LogP contribution in [0.4, 0.5) is 0 Å². The fraction of sp³-hybridized carbons (Fsp3) is 0.350. The van der Waals surface area contributed by atoms with Crippen molar-refractivity contribution in [1.29, 1.82) is 0 Å². The topological polar surface area (TPSA) is 57.5 Å².